The topological polar surface area (TPSA) is 9.72 Å². The Kier molecular flexibility index (Phi) is 2.17. The lowest BCUT2D eigenvalue weighted by Crippen LogP contribution is -2.36. The van der Waals surface area contributed by atoms with Crippen molar-refractivity contribution in [1.29, 1.82) is 0 Å². The monoisotopic (exact) mass is 141 g/mol. The van der Waals surface area contributed by atoms with Crippen LogP contribution in [0.3, 0.4) is 0 Å². The highest BCUT2D eigenvalue weighted by Crippen LogP contribution is 2.04. The first-order chi connectivity index (χ1) is 4.74. The van der Waals surface area contributed by atoms with Gasteiger partial charge in [0.25, 0.3) is 0 Å². The Morgan fingerprint density at radius 2 is 2.20 bits per heavy atom. The maximum Gasteiger partial charge on any atom is 0.104 e. The summed E-state index contributed by atoms with van der Waals surface area (Å²) in [6.45, 7) is 4.18. The van der Waals surface area contributed by atoms with Gasteiger partial charge in [-0.2, -0.15) is 0 Å². The van der Waals surface area contributed by atoms with E-state index in [1.165, 1.54) is 0 Å². The Balaban J connectivity index is 2.38. The van der Waals surface area contributed by atoms with Crippen LogP contribution in [0, 0.1) is 0 Å². The highest BCUT2D eigenvalue weighted by atomic mass is 15.6. The van der Waals surface area contributed by atoms with Crippen molar-refractivity contribution in [3.63, 3.8) is 0 Å². The van der Waals surface area contributed by atoms with E-state index in [1.807, 2.05) is 0 Å². The average molecular weight is 141 g/mol. The lowest BCUT2D eigenvalue weighted by molar-refractivity contribution is 0.0420. The van der Waals surface area contributed by atoms with Gasteiger partial charge in [-0.05, 0) is 0 Å². The van der Waals surface area contributed by atoms with Gasteiger partial charge in [0, 0.05) is 33.0 Å². The molecule has 3 heteroatoms. The number of rotatable bonds is 2. The minimum atomic E-state index is 0.977. The van der Waals surface area contributed by atoms with Crippen molar-refractivity contribution in [2.75, 3.05) is 27.3 Å². The van der Waals surface area contributed by atoms with Crippen LogP contribution in [0.15, 0.2) is 12.4 Å². The molecule has 0 aromatic rings. The van der Waals surface area contributed by atoms with Crippen molar-refractivity contribution in [2.45, 2.75) is 6.92 Å². The van der Waals surface area contributed by atoms with Gasteiger partial charge in [0.05, 0.1) is 0 Å². The van der Waals surface area contributed by atoms with Crippen LogP contribution in [0.1, 0.15) is 6.92 Å². The molecule has 0 N–H and O–H groups in total. The number of hydrogen-bond donors (Lipinski definition) is 0. The van der Waals surface area contributed by atoms with E-state index in [2.05, 4.69) is 48.3 Å². The molecule has 0 unspecified atom stereocenters. The zero-order chi connectivity index (χ0) is 7.56. The molecule has 0 atom stereocenters. The van der Waals surface area contributed by atoms with E-state index >= 15 is 0 Å². The third-order valence-corrected chi connectivity index (χ3v) is 1.76. The van der Waals surface area contributed by atoms with E-state index in [4.69, 9.17) is 0 Å². The molecule has 58 valence electrons. The fourth-order valence-corrected chi connectivity index (χ4v) is 0.917. The predicted molar refractivity (Wildman–Crippen MR) is 41.9 cm³/mol. The first-order valence-corrected chi connectivity index (χ1v) is 3.60. The molecule has 0 saturated heterocycles. The fourth-order valence-electron chi connectivity index (χ4n) is 0.917. The maximum atomic E-state index is 2.18. The summed E-state index contributed by atoms with van der Waals surface area (Å²) in [6.07, 6.45) is 4.16. The number of nitrogens with zero attached hydrogens (tertiary/aromatic N) is 3. The summed E-state index contributed by atoms with van der Waals surface area (Å²) in [5.41, 5.74) is 0. The number of hydrogen-bond acceptors (Lipinski definition) is 3. The lowest BCUT2D eigenvalue weighted by Gasteiger charge is -2.27. The Morgan fingerprint density at radius 3 is 2.60 bits per heavy atom. The molecule has 0 aliphatic carbocycles. The summed E-state index contributed by atoms with van der Waals surface area (Å²) >= 11 is 0. The van der Waals surface area contributed by atoms with E-state index in [9.17, 15) is 0 Å². The molecule has 10 heavy (non-hydrogen) atoms. The fraction of sp³-hybridized carbons (Fsp3) is 0.714. The van der Waals surface area contributed by atoms with Crippen LogP contribution in [0.4, 0.5) is 0 Å². The zero-order valence-corrected chi connectivity index (χ0v) is 6.91. The molecule has 1 heterocycles. The first-order valence-electron chi connectivity index (χ1n) is 3.60. The Morgan fingerprint density at radius 1 is 1.50 bits per heavy atom. The summed E-state index contributed by atoms with van der Waals surface area (Å²) in [7, 11) is 4.16. The van der Waals surface area contributed by atoms with Crippen molar-refractivity contribution in [2.24, 2.45) is 0 Å². The molecule has 0 spiro atoms. The third kappa shape index (κ3) is 1.42. The largest absolute Gasteiger partial charge is 0.360 e. The van der Waals surface area contributed by atoms with Crippen LogP contribution in [-0.4, -0.2) is 42.2 Å². The smallest absolute Gasteiger partial charge is 0.104 e. The zero-order valence-electron chi connectivity index (χ0n) is 6.91. The van der Waals surface area contributed by atoms with Crippen LogP contribution < -0.4 is 0 Å². The summed E-state index contributed by atoms with van der Waals surface area (Å²) in [4.78, 5) is 2.14. The second-order valence-corrected chi connectivity index (χ2v) is 2.61. The molecule has 0 saturated carbocycles. The van der Waals surface area contributed by atoms with Gasteiger partial charge in [-0.1, -0.05) is 6.92 Å². The highest BCUT2D eigenvalue weighted by molar-refractivity contribution is 4.86. The van der Waals surface area contributed by atoms with Gasteiger partial charge in [-0.15, -0.1) is 0 Å². The lowest BCUT2D eigenvalue weighted by atomic mass is 10.7. The minimum Gasteiger partial charge on any atom is -0.360 e. The van der Waals surface area contributed by atoms with Gasteiger partial charge in [-0.25, -0.2) is 5.01 Å². The molecular weight excluding hydrogens is 126 g/mol. The Hall–Kier alpha value is -0.700. The predicted octanol–water partition coefficient (Wildman–Crippen LogP) is 0.529. The molecule has 1 aliphatic rings. The maximum absolute atomic E-state index is 2.18. The molecule has 0 amide bonds. The van der Waals surface area contributed by atoms with Gasteiger partial charge < -0.3 is 4.90 Å². The standard InChI is InChI=1S/C7H15N3/c1-4-9(3)10-6-5-8(2)7-10/h5-6H,4,7H2,1-3H3. The van der Waals surface area contributed by atoms with E-state index in [1.54, 1.807) is 0 Å². The molecule has 3 nitrogen and oxygen atoms in total. The molecule has 0 aromatic carbocycles. The number of hydrazine groups is 1. The molecule has 1 rings (SSSR count). The summed E-state index contributed by atoms with van der Waals surface area (Å²) < 4.78 is 0. The van der Waals surface area contributed by atoms with Gasteiger partial charge in [-0.3, -0.25) is 5.01 Å². The highest BCUT2D eigenvalue weighted by Gasteiger charge is 2.10. The van der Waals surface area contributed by atoms with Crippen LogP contribution in [0.25, 0.3) is 0 Å². The molecular formula is C7H15N3. The van der Waals surface area contributed by atoms with Crippen molar-refractivity contribution < 1.29 is 0 Å². The summed E-state index contributed by atoms with van der Waals surface area (Å²) in [5.74, 6) is 0. The summed E-state index contributed by atoms with van der Waals surface area (Å²) in [6, 6.07) is 0. The minimum absolute atomic E-state index is 0.977. The molecule has 0 radical (unpaired) electrons. The van der Waals surface area contributed by atoms with Gasteiger partial charge >= 0.3 is 0 Å². The third-order valence-electron chi connectivity index (χ3n) is 1.76. The normalized spacial score (nSPS) is 17.6. The Bertz CT molecular complexity index is 133. The van der Waals surface area contributed by atoms with Crippen molar-refractivity contribution in [3.8, 4) is 0 Å². The van der Waals surface area contributed by atoms with Crippen molar-refractivity contribution >= 4 is 0 Å². The van der Waals surface area contributed by atoms with Crippen molar-refractivity contribution in [1.82, 2.24) is 14.9 Å². The van der Waals surface area contributed by atoms with Crippen LogP contribution in [0.5, 0.6) is 0 Å². The second-order valence-electron chi connectivity index (χ2n) is 2.61. The molecule has 0 aromatic heterocycles. The van der Waals surface area contributed by atoms with E-state index in [0.717, 1.165) is 13.2 Å². The van der Waals surface area contributed by atoms with Gasteiger partial charge in [0.2, 0.25) is 0 Å². The van der Waals surface area contributed by atoms with Crippen LogP contribution in [-0.2, 0) is 0 Å². The van der Waals surface area contributed by atoms with E-state index < -0.39 is 0 Å². The molecule has 0 bridgehead atoms. The van der Waals surface area contributed by atoms with Crippen LogP contribution >= 0.6 is 0 Å². The average Bonchev–Trinajstić information content (AvgIpc) is 2.34. The first kappa shape index (κ1) is 7.41. The van der Waals surface area contributed by atoms with Crippen molar-refractivity contribution in [3.05, 3.63) is 12.4 Å². The SMILES string of the molecule is CCN(C)N1C=CN(C)C1. The van der Waals surface area contributed by atoms with E-state index in [0.29, 0.717) is 0 Å². The quantitative estimate of drug-likeness (QED) is 0.555. The summed E-state index contributed by atoms with van der Waals surface area (Å²) in [5, 5.41) is 4.36. The second kappa shape index (κ2) is 2.92. The van der Waals surface area contributed by atoms with Gasteiger partial charge in [0.15, 0.2) is 0 Å². The molecule has 0 fully saturated rings. The van der Waals surface area contributed by atoms with E-state index in [-0.39, 0.29) is 0 Å². The Labute approximate surface area is 62.5 Å². The van der Waals surface area contributed by atoms with Crippen LogP contribution in [0.2, 0.25) is 0 Å². The van der Waals surface area contributed by atoms with Gasteiger partial charge in [0.1, 0.15) is 6.67 Å². The molecule has 1 aliphatic heterocycles.